The van der Waals surface area contributed by atoms with Gasteiger partial charge in [0.05, 0.1) is 12.2 Å². The molecule has 0 aliphatic carbocycles. The molecule has 0 saturated heterocycles. The Balaban J connectivity index is 2.96. The molecule has 0 aliphatic heterocycles. The van der Waals surface area contributed by atoms with E-state index in [1.165, 1.54) is 11.0 Å². The summed E-state index contributed by atoms with van der Waals surface area (Å²) < 4.78 is 17.8. The van der Waals surface area contributed by atoms with Crippen LogP contribution >= 0.6 is 0 Å². The van der Waals surface area contributed by atoms with Crippen LogP contribution in [0.15, 0.2) is 18.2 Å². The zero-order valence-electron chi connectivity index (χ0n) is 11.9. The minimum absolute atomic E-state index is 0.0458. The molecule has 1 amide bonds. The SMILES string of the molecule is CCOC(=O)CN(C(=O)c1ccc(F)cc1N)C(C)C. The van der Waals surface area contributed by atoms with Crippen molar-refractivity contribution in [3.05, 3.63) is 29.6 Å². The number of hydrogen-bond acceptors (Lipinski definition) is 4. The third-order valence-corrected chi connectivity index (χ3v) is 2.73. The van der Waals surface area contributed by atoms with E-state index in [0.29, 0.717) is 0 Å². The van der Waals surface area contributed by atoms with Crippen LogP contribution in [0.5, 0.6) is 0 Å². The van der Waals surface area contributed by atoms with Gasteiger partial charge in [0, 0.05) is 11.7 Å². The molecule has 1 rings (SSSR count). The van der Waals surface area contributed by atoms with E-state index in [2.05, 4.69) is 0 Å². The van der Waals surface area contributed by atoms with Crippen molar-refractivity contribution >= 4 is 17.6 Å². The molecule has 0 unspecified atom stereocenters. The molecule has 1 aromatic rings. The highest BCUT2D eigenvalue weighted by atomic mass is 19.1. The number of hydrogen-bond donors (Lipinski definition) is 1. The van der Waals surface area contributed by atoms with Gasteiger partial charge in [0.25, 0.3) is 5.91 Å². The molecule has 5 nitrogen and oxygen atoms in total. The Morgan fingerprint density at radius 1 is 1.40 bits per heavy atom. The van der Waals surface area contributed by atoms with Crippen molar-refractivity contribution < 1.29 is 18.7 Å². The van der Waals surface area contributed by atoms with Crippen LogP contribution in [0, 0.1) is 5.82 Å². The number of ether oxygens (including phenoxy) is 1. The maximum absolute atomic E-state index is 13.0. The molecule has 0 fully saturated rings. The third-order valence-electron chi connectivity index (χ3n) is 2.73. The van der Waals surface area contributed by atoms with Gasteiger partial charge in [-0.05, 0) is 39.0 Å². The highest BCUT2D eigenvalue weighted by Crippen LogP contribution is 2.17. The maximum Gasteiger partial charge on any atom is 0.325 e. The van der Waals surface area contributed by atoms with Crippen molar-refractivity contribution in [3.8, 4) is 0 Å². The number of rotatable bonds is 5. The maximum atomic E-state index is 13.0. The molecule has 110 valence electrons. The van der Waals surface area contributed by atoms with E-state index < -0.39 is 17.7 Å². The monoisotopic (exact) mass is 282 g/mol. The number of amides is 1. The van der Waals surface area contributed by atoms with Crippen LogP contribution in [0.25, 0.3) is 0 Å². The molecule has 0 atom stereocenters. The molecule has 2 N–H and O–H groups in total. The lowest BCUT2D eigenvalue weighted by Crippen LogP contribution is -2.41. The van der Waals surface area contributed by atoms with Crippen molar-refractivity contribution in [2.75, 3.05) is 18.9 Å². The van der Waals surface area contributed by atoms with Gasteiger partial charge in [-0.25, -0.2) is 4.39 Å². The van der Waals surface area contributed by atoms with Crippen molar-refractivity contribution in [2.24, 2.45) is 0 Å². The number of nitrogen functional groups attached to an aromatic ring is 1. The Labute approximate surface area is 117 Å². The number of halogens is 1. The molecule has 1 aromatic carbocycles. The van der Waals surface area contributed by atoms with E-state index in [0.717, 1.165) is 12.1 Å². The largest absolute Gasteiger partial charge is 0.465 e. The summed E-state index contributed by atoms with van der Waals surface area (Å²) in [6, 6.07) is 3.34. The summed E-state index contributed by atoms with van der Waals surface area (Å²) >= 11 is 0. The molecular formula is C14H19FN2O3. The normalized spacial score (nSPS) is 10.4. The summed E-state index contributed by atoms with van der Waals surface area (Å²) in [5.74, 6) is -1.43. The second-order valence-corrected chi connectivity index (χ2v) is 4.56. The quantitative estimate of drug-likeness (QED) is 0.660. The Bertz CT molecular complexity index is 503. The second-order valence-electron chi connectivity index (χ2n) is 4.56. The van der Waals surface area contributed by atoms with E-state index in [1.54, 1.807) is 20.8 Å². The molecule has 0 spiro atoms. The average Bonchev–Trinajstić information content (AvgIpc) is 2.35. The number of carbonyl (C=O) groups excluding carboxylic acids is 2. The van der Waals surface area contributed by atoms with Gasteiger partial charge in [0.1, 0.15) is 12.4 Å². The fraction of sp³-hybridized carbons (Fsp3) is 0.429. The van der Waals surface area contributed by atoms with Gasteiger partial charge in [-0.3, -0.25) is 9.59 Å². The lowest BCUT2D eigenvalue weighted by atomic mass is 10.1. The minimum Gasteiger partial charge on any atom is -0.465 e. The standard InChI is InChI=1S/C14H19FN2O3/c1-4-20-13(18)8-17(9(2)3)14(19)11-6-5-10(15)7-12(11)16/h5-7,9H,4,8,16H2,1-3H3. The van der Waals surface area contributed by atoms with Crippen molar-refractivity contribution in [3.63, 3.8) is 0 Å². The first-order chi connectivity index (χ1) is 9.36. The van der Waals surface area contributed by atoms with Crippen LogP contribution in [0.1, 0.15) is 31.1 Å². The summed E-state index contributed by atoms with van der Waals surface area (Å²) in [6.45, 7) is 5.32. The number of anilines is 1. The molecule has 0 heterocycles. The highest BCUT2D eigenvalue weighted by Gasteiger charge is 2.23. The van der Waals surface area contributed by atoms with Crippen molar-refractivity contribution in [1.29, 1.82) is 0 Å². The number of nitrogens with zero attached hydrogens (tertiary/aromatic N) is 1. The van der Waals surface area contributed by atoms with E-state index in [9.17, 15) is 14.0 Å². The van der Waals surface area contributed by atoms with Gasteiger partial charge in [0.2, 0.25) is 0 Å². The number of nitrogens with two attached hydrogens (primary N) is 1. The molecule has 0 bridgehead atoms. The van der Waals surface area contributed by atoms with Gasteiger partial charge in [-0.15, -0.1) is 0 Å². The highest BCUT2D eigenvalue weighted by molar-refractivity contribution is 6.00. The fourth-order valence-electron chi connectivity index (χ4n) is 1.72. The summed E-state index contributed by atoms with van der Waals surface area (Å²) in [5, 5.41) is 0. The Kier molecular flexibility index (Phi) is 5.49. The van der Waals surface area contributed by atoms with Gasteiger partial charge in [-0.2, -0.15) is 0 Å². The first kappa shape index (κ1) is 15.9. The van der Waals surface area contributed by atoms with Gasteiger partial charge >= 0.3 is 5.97 Å². The third kappa shape index (κ3) is 3.94. The van der Waals surface area contributed by atoms with E-state index in [4.69, 9.17) is 10.5 Å². The molecule has 0 aromatic heterocycles. The zero-order chi connectivity index (χ0) is 15.3. The number of benzene rings is 1. The predicted molar refractivity (Wildman–Crippen MR) is 73.6 cm³/mol. The first-order valence-electron chi connectivity index (χ1n) is 6.38. The van der Waals surface area contributed by atoms with E-state index in [-0.39, 0.29) is 30.4 Å². The zero-order valence-corrected chi connectivity index (χ0v) is 11.9. The number of carbonyl (C=O) groups is 2. The summed E-state index contributed by atoms with van der Waals surface area (Å²) in [7, 11) is 0. The van der Waals surface area contributed by atoms with E-state index in [1.807, 2.05) is 0 Å². The minimum atomic E-state index is -0.513. The van der Waals surface area contributed by atoms with Crippen LogP contribution in [0.4, 0.5) is 10.1 Å². The van der Waals surface area contributed by atoms with Crippen LogP contribution in [0.3, 0.4) is 0 Å². The predicted octanol–water partition coefficient (Wildman–Crippen LogP) is 1.82. The molecule has 6 heteroatoms. The van der Waals surface area contributed by atoms with Gasteiger partial charge < -0.3 is 15.4 Å². The van der Waals surface area contributed by atoms with Gasteiger partial charge in [0.15, 0.2) is 0 Å². The number of esters is 1. The Morgan fingerprint density at radius 3 is 2.55 bits per heavy atom. The first-order valence-corrected chi connectivity index (χ1v) is 6.38. The molecule has 20 heavy (non-hydrogen) atoms. The van der Waals surface area contributed by atoms with Gasteiger partial charge in [-0.1, -0.05) is 0 Å². The van der Waals surface area contributed by atoms with Crippen molar-refractivity contribution in [2.45, 2.75) is 26.8 Å². The van der Waals surface area contributed by atoms with Crippen LogP contribution in [0.2, 0.25) is 0 Å². The van der Waals surface area contributed by atoms with Crippen LogP contribution < -0.4 is 5.73 Å². The lowest BCUT2D eigenvalue weighted by Gasteiger charge is -2.26. The second kappa shape index (κ2) is 6.88. The average molecular weight is 282 g/mol. The topological polar surface area (TPSA) is 72.6 Å². The summed E-state index contributed by atoms with van der Waals surface area (Å²) in [6.07, 6.45) is 0. The molecular weight excluding hydrogens is 263 g/mol. The molecule has 0 aliphatic rings. The van der Waals surface area contributed by atoms with Crippen molar-refractivity contribution in [1.82, 2.24) is 4.90 Å². The summed E-state index contributed by atoms with van der Waals surface area (Å²) in [5.41, 5.74) is 5.86. The molecule has 0 saturated carbocycles. The van der Waals surface area contributed by atoms with Crippen LogP contribution in [-0.4, -0.2) is 36.0 Å². The van der Waals surface area contributed by atoms with Crippen LogP contribution in [-0.2, 0) is 9.53 Å². The Morgan fingerprint density at radius 2 is 2.05 bits per heavy atom. The molecule has 0 radical (unpaired) electrons. The lowest BCUT2D eigenvalue weighted by molar-refractivity contribution is -0.144. The smallest absolute Gasteiger partial charge is 0.325 e. The fourth-order valence-corrected chi connectivity index (χ4v) is 1.72. The Hall–Kier alpha value is -2.11. The summed E-state index contributed by atoms with van der Waals surface area (Å²) in [4.78, 5) is 25.2. The van der Waals surface area contributed by atoms with E-state index >= 15 is 0 Å².